The molecule has 0 bridgehead atoms. The lowest BCUT2D eigenvalue weighted by atomic mass is 9.80. The standard InChI is InChI=1S/C14H23N3O2/c1-4-12-9(2)16-17(10(12)3)11-6-5-7-14(15,8-11)13(18)19/h11H,4-8,15H2,1-3H3,(H,18,19). The minimum Gasteiger partial charge on any atom is -0.480 e. The van der Waals surface area contributed by atoms with Crippen LogP contribution in [0.3, 0.4) is 0 Å². The minimum absolute atomic E-state index is 0.105. The van der Waals surface area contributed by atoms with Crippen LogP contribution in [0.5, 0.6) is 0 Å². The maximum Gasteiger partial charge on any atom is 0.323 e. The molecule has 1 heterocycles. The second-order valence-electron chi connectivity index (χ2n) is 5.66. The molecule has 1 fully saturated rings. The molecule has 2 rings (SSSR count). The Morgan fingerprint density at radius 3 is 2.79 bits per heavy atom. The van der Waals surface area contributed by atoms with Crippen molar-refractivity contribution in [3.05, 3.63) is 17.0 Å². The fourth-order valence-corrected chi connectivity index (χ4v) is 3.24. The zero-order valence-electron chi connectivity index (χ0n) is 11.9. The van der Waals surface area contributed by atoms with Gasteiger partial charge in [0.15, 0.2) is 0 Å². The van der Waals surface area contributed by atoms with Gasteiger partial charge in [0.05, 0.1) is 11.7 Å². The van der Waals surface area contributed by atoms with Gasteiger partial charge in [0.1, 0.15) is 5.54 Å². The van der Waals surface area contributed by atoms with Gasteiger partial charge < -0.3 is 10.8 Å². The Labute approximate surface area is 113 Å². The van der Waals surface area contributed by atoms with Gasteiger partial charge in [-0.1, -0.05) is 6.92 Å². The molecule has 1 aromatic rings. The van der Waals surface area contributed by atoms with Gasteiger partial charge in [0, 0.05) is 5.69 Å². The van der Waals surface area contributed by atoms with E-state index in [0.29, 0.717) is 12.8 Å². The number of nitrogens with two attached hydrogens (primary N) is 1. The van der Waals surface area contributed by atoms with Crippen LogP contribution in [0, 0.1) is 13.8 Å². The van der Waals surface area contributed by atoms with Crippen molar-refractivity contribution in [2.24, 2.45) is 5.73 Å². The number of aryl methyl sites for hydroxylation is 1. The van der Waals surface area contributed by atoms with E-state index in [2.05, 4.69) is 18.9 Å². The van der Waals surface area contributed by atoms with Gasteiger partial charge in [0.25, 0.3) is 0 Å². The van der Waals surface area contributed by atoms with Crippen molar-refractivity contribution >= 4 is 5.97 Å². The van der Waals surface area contributed by atoms with Crippen LogP contribution in [-0.2, 0) is 11.2 Å². The van der Waals surface area contributed by atoms with Crippen molar-refractivity contribution in [3.63, 3.8) is 0 Å². The molecule has 5 nitrogen and oxygen atoms in total. The van der Waals surface area contributed by atoms with E-state index in [-0.39, 0.29) is 6.04 Å². The summed E-state index contributed by atoms with van der Waals surface area (Å²) in [5, 5.41) is 13.9. The first-order valence-corrected chi connectivity index (χ1v) is 6.96. The van der Waals surface area contributed by atoms with Crippen molar-refractivity contribution in [1.29, 1.82) is 0 Å². The molecule has 1 aromatic heterocycles. The fraction of sp³-hybridized carbons (Fsp3) is 0.714. The van der Waals surface area contributed by atoms with Gasteiger partial charge in [-0.3, -0.25) is 9.48 Å². The van der Waals surface area contributed by atoms with E-state index in [1.165, 1.54) is 5.56 Å². The van der Waals surface area contributed by atoms with E-state index >= 15 is 0 Å². The number of aromatic nitrogens is 2. The van der Waals surface area contributed by atoms with Gasteiger partial charge in [0.2, 0.25) is 0 Å². The summed E-state index contributed by atoms with van der Waals surface area (Å²) < 4.78 is 2.00. The van der Waals surface area contributed by atoms with Gasteiger partial charge in [-0.2, -0.15) is 5.10 Å². The number of rotatable bonds is 3. The lowest BCUT2D eigenvalue weighted by Crippen LogP contribution is -2.51. The highest BCUT2D eigenvalue weighted by molar-refractivity contribution is 5.78. The van der Waals surface area contributed by atoms with Gasteiger partial charge in [-0.25, -0.2) is 0 Å². The van der Waals surface area contributed by atoms with Gasteiger partial charge >= 0.3 is 5.97 Å². The van der Waals surface area contributed by atoms with Crippen LogP contribution in [0.1, 0.15) is 55.6 Å². The summed E-state index contributed by atoms with van der Waals surface area (Å²) in [6, 6.07) is 0.105. The van der Waals surface area contributed by atoms with Crippen molar-refractivity contribution in [2.75, 3.05) is 0 Å². The molecule has 19 heavy (non-hydrogen) atoms. The molecule has 1 aliphatic carbocycles. The first-order chi connectivity index (χ1) is 8.89. The van der Waals surface area contributed by atoms with Crippen molar-refractivity contribution in [3.8, 4) is 0 Å². The lowest BCUT2D eigenvalue weighted by molar-refractivity contribution is -0.145. The number of aliphatic carboxylic acids is 1. The van der Waals surface area contributed by atoms with E-state index in [1.807, 2.05) is 11.6 Å². The molecule has 0 amide bonds. The zero-order valence-corrected chi connectivity index (χ0v) is 11.9. The molecular weight excluding hydrogens is 242 g/mol. The lowest BCUT2D eigenvalue weighted by Gasteiger charge is -2.35. The predicted octanol–water partition coefficient (Wildman–Crippen LogP) is 1.96. The van der Waals surface area contributed by atoms with Crippen LogP contribution in [0.25, 0.3) is 0 Å². The minimum atomic E-state index is -1.10. The fourth-order valence-electron chi connectivity index (χ4n) is 3.24. The highest BCUT2D eigenvalue weighted by Gasteiger charge is 2.40. The highest BCUT2D eigenvalue weighted by Crippen LogP contribution is 2.35. The summed E-state index contributed by atoms with van der Waals surface area (Å²) in [6.07, 6.45) is 3.77. The Balaban J connectivity index is 2.30. The summed E-state index contributed by atoms with van der Waals surface area (Å²) >= 11 is 0. The molecule has 1 aliphatic rings. The molecule has 0 spiro atoms. The smallest absolute Gasteiger partial charge is 0.323 e. The number of hydrogen-bond donors (Lipinski definition) is 2. The quantitative estimate of drug-likeness (QED) is 0.875. The largest absolute Gasteiger partial charge is 0.480 e. The van der Waals surface area contributed by atoms with Crippen LogP contribution in [0.15, 0.2) is 0 Å². The number of carboxylic acids is 1. The van der Waals surface area contributed by atoms with Crippen LogP contribution in [0.2, 0.25) is 0 Å². The molecule has 5 heteroatoms. The summed E-state index contributed by atoms with van der Waals surface area (Å²) in [6.45, 7) is 6.19. The summed E-state index contributed by atoms with van der Waals surface area (Å²) in [5.41, 5.74) is 8.39. The van der Waals surface area contributed by atoms with E-state index in [4.69, 9.17) is 5.73 Å². The maximum atomic E-state index is 11.3. The number of carboxylic acid groups (broad SMARTS) is 1. The van der Waals surface area contributed by atoms with Crippen molar-refractivity contribution in [1.82, 2.24) is 9.78 Å². The molecule has 0 aromatic carbocycles. The SMILES string of the molecule is CCc1c(C)nn(C2CCCC(N)(C(=O)O)C2)c1C. The molecule has 0 aliphatic heterocycles. The van der Waals surface area contributed by atoms with Crippen LogP contribution >= 0.6 is 0 Å². The topological polar surface area (TPSA) is 81.1 Å². The van der Waals surface area contributed by atoms with Crippen LogP contribution < -0.4 is 5.73 Å². The number of nitrogens with zero attached hydrogens (tertiary/aromatic N) is 2. The van der Waals surface area contributed by atoms with E-state index < -0.39 is 11.5 Å². The monoisotopic (exact) mass is 265 g/mol. The molecular formula is C14H23N3O2. The average Bonchev–Trinajstić information content (AvgIpc) is 2.64. The Morgan fingerprint density at radius 2 is 2.26 bits per heavy atom. The molecule has 2 unspecified atom stereocenters. The van der Waals surface area contributed by atoms with Crippen LogP contribution in [0.4, 0.5) is 0 Å². The molecule has 0 saturated heterocycles. The van der Waals surface area contributed by atoms with Crippen molar-refractivity contribution < 1.29 is 9.90 Å². The first kappa shape index (κ1) is 14.1. The first-order valence-electron chi connectivity index (χ1n) is 6.96. The predicted molar refractivity (Wildman–Crippen MR) is 73.1 cm³/mol. The Kier molecular flexibility index (Phi) is 3.67. The molecule has 3 N–H and O–H groups in total. The highest BCUT2D eigenvalue weighted by atomic mass is 16.4. The molecule has 1 saturated carbocycles. The van der Waals surface area contributed by atoms with E-state index in [9.17, 15) is 9.90 Å². The molecule has 106 valence electrons. The second kappa shape index (κ2) is 4.96. The van der Waals surface area contributed by atoms with E-state index in [1.54, 1.807) is 0 Å². The summed E-state index contributed by atoms with van der Waals surface area (Å²) in [7, 11) is 0. The molecule has 2 atom stereocenters. The summed E-state index contributed by atoms with van der Waals surface area (Å²) in [5.74, 6) is -0.894. The third-order valence-corrected chi connectivity index (χ3v) is 4.36. The number of carbonyl (C=O) groups is 1. The van der Waals surface area contributed by atoms with Gasteiger partial charge in [-0.05, 0) is 51.5 Å². The third kappa shape index (κ3) is 2.39. The Hall–Kier alpha value is -1.36. The van der Waals surface area contributed by atoms with Crippen molar-refractivity contribution in [2.45, 2.75) is 64.5 Å². The normalized spacial score (nSPS) is 27.5. The number of hydrogen-bond acceptors (Lipinski definition) is 3. The Bertz CT molecular complexity index is 495. The van der Waals surface area contributed by atoms with Gasteiger partial charge in [-0.15, -0.1) is 0 Å². The van der Waals surface area contributed by atoms with Crippen LogP contribution in [-0.4, -0.2) is 26.4 Å². The maximum absolute atomic E-state index is 11.3. The zero-order chi connectivity index (χ0) is 14.2. The summed E-state index contributed by atoms with van der Waals surface area (Å²) in [4.78, 5) is 11.3. The van der Waals surface area contributed by atoms with E-state index in [0.717, 1.165) is 30.7 Å². The second-order valence-corrected chi connectivity index (χ2v) is 5.66. The average molecular weight is 265 g/mol. The Morgan fingerprint density at radius 1 is 1.58 bits per heavy atom. The molecule has 0 radical (unpaired) electrons. The third-order valence-electron chi connectivity index (χ3n) is 4.36.